The number of hydrogen-bond donors (Lipinski definition) is 0. The first kappa shape index (κ1) is 7.67. The predicted octanol–water partition coefficient (Wildman–Crippen LogP) is 2.37. The van der Waals surface area contributed by atoms with Crippen LogP contribution in [-0.2, 0) is 0 Å². The van der Waals surface area contributed by atoms with Gasteiger partial charge in [-0.25, -0.2) is 0 Å². The van der Waals surface area contributed by atoms with Crippen molar-refractivity contribution >= 4 is 18.1 Å². The largest absolute Gasteiger partial charge is 0.379 e. The molecule has 1 aliphatic rings. The van der Waals surface area contributed by atoms with Crippen LogP contribution in [0.5, 0.6) is 0 Å². The highest BCUT2D eigenvalue weighted by atomic mass is 15.3. The summed E-state index contributed by atoms with van der Waals surface area (Å²) >= 11 is 0. The van der Waals surface area contributed by atoms with Crippen LogP contribution in [0, 0.1) is 6.29 Å². The summed E-state index contributed by atoms with van der Waals surface area (Å²) < 4.78 is 0. The van der Waals surface area contributed by atoms with Crippen LogP contribution in [0.1, 0.15) is 0 Å². The van der Waals surface area contributed by atoms with Crippen LogP contribution in [0.2, 0.25) is 0 Å². The topological polar surface area (TPSA) is 49.4 Å². The second-order valence-corrected chi connectivity index (χ2v) is 2.39. The standard InChI is InChI=1S/C9H7N4/c1-2-4-8(5-3-1)12-13-9-10-6-7-11-9/h1-7H/q+1. The lowest BCUT2D eigenvalue weighted by Crippen LogP contribution is -1.75. The first-order valence-electron chi connectivity index (χ1n) is 3.85. The molecule has 0 N–H and O–H groups in total. The number of nitrogens with zero attached hydrogens (tertiary/aromatic N) is 4. The van der Waals surface area contributed by atoms with E-state index >= 15 is 0 Å². The van der Waals surface area contributed by atoms with E-state index in [4.69, 9.17) is 0 Å². The van der Waals surface area contributed by atoms with Crippen molar-refractivity contribution in [1.29, 1.82) is 0 Å². The maximum atomic E-state index is 3.95. The molecular weight excluding hydrogens is 164 g/mol. The maximum Gasteiger partial charge on any atom is 0.379 e. The second kappa shape index (κ2) is 3.62. The average molecular weight is 171 g/mol. The van der Waals surface area contributed by atoms with Gasteiger partial charge in [0.15, 0.2) is 12.4 Å². The molecule has 1 aromatic rings. The van der Waals surface area contributed by atoms with Gasteiger partial charge in [-0.15, -0.1) is 5.11 Å². The molecule has 1 aliphatic heterocycles. The Morgan fingerprint density at radius 1 is 1.00 bits per heavy atom. The molecule has 0 unspecified atom stereocenters. The van der Waals surface area contributed by atoms with Gasteiger partial charge in [-0.3, -0.25) is 0 Å². The summed E-state index contributed by atoms with van der Waals surface area (Å²) in [6.45, 7) is 0. The van der Waals surface area contributed by atoms with Crippen molar-refractivity contribution in [2.45, 2.75) is 0 Å². The van der Waals surface area contributed by atoms with Crippen LogP contribution in [0.4, 0.5) is 5.69 Å². The second-order valence-electron chi connectivity index (χ2n) is 2.39. The Bertz CT molecular complexity index is 341. The van der Waals surface area contributed by atoms with Crippen LogP contribution >= 0.6 is 0 Å². The van der Waals surface area contributed by atoms with Crippen LogP contribution in [-0.4, -0.2) is 12.4 Å². The fourth-order valence-electron chi connectivity index (χ4n) is 0.882. The summed E-state index contributed by atoms with van der Waals surface area (Å²) in [5, 5.41) is 7.79. The van der Waals surface area contributed by atoms with Crippen LogP contribution in [0.3, 0.4) is 0 Å². The van der Waals surface area contributed by atoms with Crippen molar-refractivity contribution in [3.8, 4) is 0 Å². The number of hydrogen-bond acceptors (Lipinski definition) is 4. The average Bonchev–Trinajstić information content (AvgIpc) is 2.69. The fraction of sp³-hybridized carbons (Fsp3) is 0. The molecule has 0 saturated carbocycles. The van der Waals surface area contributed by atoms with Gasteiger partial charge in [-0.2, -0.15) is 0 Å². The molecule has 4 heteroatoms. The molecule has 0 aliphatic carbocycles. The lowest BCUT2D eigenvalue weighted by Gasteiger charge is -1.87. The van der Waals surface area contributed by atoms with E-state index in [0.29, 0.717) is 6.29 Å². The number of azo groups is 1. The smallest absolute Gasteiger partial charge is 0.133 e. The Morgan fingerprint density at radius 3 is 2.38 bits per heavy atom. The van der Waals surface area contributed by atoms with E-state index in [1.807, 2.05) is 30.3 Å². The molecule has 2 rings (SSSR count). The quantitative estimate of drug-likeness (QED) is 0.484. The first-order chi connectivity index (χ1) is 6.45. The third kappa shape index (κ3) is 1.99. The zero-order valence-corrected chi connectivity index (χ0v) is 6.83. The molecule has 0 bridgehead atoms. The van der Waals surface area contributed by atoms with E-state index in [0.717, 1.165) is 5.69 Å². The van der Waals surface area contributed by atoms with E-state index in [1.165, 1.54) is 0 Å². The Kier molecular flexibility index (Phi) is 2.14. The molecule has 4 nitrogen and oxygen atoms in total. The summed E-state index contributed by atoms with van der Waals surface area (Å²) in [6.07, 6.45) is 3.56. The third-order valence-electron chi connectivity index (χ3n) is 1.46. The Morgan fingerprint density at radius 2 is 1.69 bits per heavy atom. The van der Waals surface area contributed by atoms with Gasteiger partial charge in [0.1, 0.15) is 0 Å². The van der Waals surface area contributed by atoms with Gasteiger partial charge in [0.25, 0.3) is 0 Å². The van der Waals surface area contributed by atoms with Gasteiger partial charge < -0.3 is 0 Å². The maximum absolute atomic E-state index is 3.95. The van der Waals surface area contributed by atoms with Crippen molar-refractivity contribution in [3.05, 3.63) is 36.6 Å². The van der Waals surface area contributed by atoms with Crippen molar-refractivity contribution < 1.29 is 0 Å². The summed E-state index contributed by atoms with van der Waals surface area (Å²) in [4.78, 5) is 7.72. The monoisotopic (exact) mass is 171 g/mol. The molecule has 0 saturated heterocycles. The van der Waals surface area contributed by atoms with Gasteiger partial charge in [0, 0.05) is 0 Å². The molecule has 62 valence electrons. The third-order valence-corrected chi connectivity index (χ3v) is 1.46. The minimum atomic E-state index is 0.392. The van der Waals surface area contributed by atoms with E-state index in [-0.39, 0.29) is 0 Å². The Hall–Kier alpha value is -1.97. The molecule has 1 heterocycles. The lowest BCUT2D eigenvalue weighted by atomic mass is 10.3. The van der Waals surface area contributed by atoms with Crippen LogP contribution in [0.15, 0.2) is 50.5 Å². The van der Waals surface area contributed by atoms with Crippen LogP contribution < -0.4 is 0 Å². The van der Waals surface area contributed by atoms with Gasteiger partial charge in [-0.1, -0.05) is 28.2 Å². The Labute approximate surface area is 75.8 Å². The molecule has 0 radical (unpaired) electrons. The van der Waals surface area contributed by atoms with Gasteiger partial charge in [0.2, 0.25) is 0 Å². The highest BCUT2D eigenvalue weighted by molar-refractivity contribution is 6.18. The van der Waals surface area contributed by atoms with E-state index < -0.39 is 0 Å². The van der Waals surface area contributed by atoms with Crippen molar-refractivity contribution in [1.82, 2.24) is 0 Å². The molecule has 13 heavy (non-hydrogen) atoms. The van der Waals surface area contributed by atoms with Gasteiger partial charge in [-0.05, 0) is 17.2 Å². The number of benzene rings is 1. The van der Waals surface area contributed by atoms with E-state index in [2.05, 4.69) is 20.2 Å². The zero-order valence-electron chi connectivity index (χ0n) is 6.83. The molecule has 1 aromatic carbocycles. The van der Waals surface area contributed by atoms with Gasteiger partial charge >= 0.3 is 6.29 Å². The molecule has 0 fully saturated rings. The fourth-order valence-corrected chi connectivity index (χ4v) is 0.882. The summed E-state index contributed by atoms with van der Waals surface area (Å²) in [6, 6.07) is 9.47. The zero-order chi connectivity index (χ0) is 8.93. The molecule has 0 aromatic heterocycles. The van der Waals surface area contributed by atoms with Gasteiger partial charge in [0.05, 0.1) is 5.69 Å². The minimum Gasteiger partial charge on any atom is -0.133 e. The highest BCUT2D eigenvalue weighted by Crippen LogP contribution is 2.15. The van der Waals surface area contributed by atoms with Crippen LogP contribution in [0.25, 0.3) is 0 Å². The van der Waals surface area contributed by atoms with Crippen molar-refractivity contribution in [3.63, 3.8) is 0 Å². The molecular formula is C9H7N4+. The normalized spacial score (nSPS) is 14.6. The SMILES string of the molecule is C1=N[C+](N=Nc2ccccc2)N=C1. The lowest BCUT2D eigenvalue weighted by molar-refractivity contribution is 0.909. The first-order valence-corrected chi connectivity index (χ1v) is 3.85. The summed E-state index contributed by atoms with van der Waals surface area (Å²) in [5.74, 6) is 0. The predicted molar refractivity (Wildman–Crippen MR) is 51.2 cm³/mol. The number of aliphatic imine (C=N–C) groups is 2. The van der Waals surface area contributed by atoms with Crippen molar-refractivity contribution in [2.24, 2.45) is 20.2 Å². The Balaban J connectivity index is 2.05. The van der Waals surface area contributed by atoms with E-state index in [1.54, 1.807) is 12.4 Å². The number of rotatable bonds is 2. The molecule has 0 atom stereocenters. The summed E-state index contributed by atoms with van der Waals surface area (Å²) in [5.41, 5.74) is 0.798. The molecule has 0 spiro atoms. The summed E-state index contributed by atoms with van der Waals surface area (Å²) in [7, 11) is 0. The minimum absolute atomic E-state index is 0.392. The molecule has 0 amide bonds. The van der Waals surface area contributed by atoms with Crippen molar-refractivity contribution in [2.75, 3.05) is 0 Å². The highest BCUT2D eigenvalue weighted by Gasteiger charge is 2.13. The van der Waals surface area contributed by atoms with E-state index in [9.17, 15) is 0 Å².